The predicted octanol–water partition coefficient (Wildman–Crippen LogP) is 2.15. The molecule has 0 amide bonds. The summed E-state index contributed by atoms with van der Waals surface area (Å²) in [5.41, 5.74) is 0. The molecule has 0 aromatic carbocycles. The van der Waals surface area contributed by atoms with Crippen molar-refractivity contribution in [2.45, 2.75) is 44.8 Å². The smallest absolute Gasteiger partial charge is 0.0669 e. The summed E-state index contributed by atoms with van der Waals surface area (Å²) >= 11 is 1.49. The van der Waals surface area contributed by atoms with Gasteiger partial charge in [-0.05, 0) is 43.8 Å². The maximum absolute atomic E-state index is 5.64. The van der Waals surface area contributed by atoms with Gasteiger partial charge in [-0.1, -0.05) is 11.4 Å². The largest absolute Gasteiger partial charge is 0.378 e. The van der Waals surface area contributed by atoms with Crippen molar-refractivity contribution in [3.63, 3.8) is 0 Å². The van der Waals surface area contributed by atoms with E-state index in [0.717, 1.165) is 26.0 Å². The number of hydrogen-bond acceptors (Lipinski definition) is 5. The zero-order valence-electron chi connectivity index (χ0n) is 9.69. The van der Waals surface area contributed by atoms with Crippen LogP contribution in [0.25, 0.3) is 0 Å². The van der Waals surface area contributed by atoms with Crippen LogP contribution in [-0.4, -0.2) is 28.8 Å². The first-order chi connectivity index (χ1) is 7.90. The van der Waals surface area contributed by atoms with E-state index in [1.54, 1.807) is 0 Å². The van der Waals surface area contributed by atoms with Gasteiger partial charge in [-0.25, -0.2) is 0 Å². The van der Waals surface area contributed by atoms with Crippen LogP contribution in [0.1, 0.15) is 43.5 Å². The number of ether oxygens (including phenoxy) is 1. The van der Waals surface area contributed by atoms with Gasteiger partial charge in [0.1, 0.15) is 0 Å². The summed E-state index contributed by atoms with van der Waals surface area (Å²) < 4.78 is 9.57. The third-order valence-corrected chi connectivity index (χ3v) is 3.75. The second-order valence-corrected chi connectivity index (χ2v) is 4.96. The van der Waals surface area contributed by atoms with Gasteiger partial charge >= 0.3 is 0 Å². The molecule has 0 spiro atoms. The number of hydrogen-bond donors (Lipinski definition) is 1. The van der Waals surface area contributed by atoms with Crippen LogP contribution in [0, 0.1) is 0 Å². The summed E-state index contributed by atoms with van der Waals surface area (Å²) in [4.78, 5) is 1.24. The Bertz CT molecular complexity index is 285. The van der Waals surface area contributed by atoms with Crippen molar-refractivity contribution < 1.29 is 4.74 Å². The second kappa shape index (κ2) is 6.27. The summed E-state index contributed by atoms with van der Waals surface area (Å²) in [6.45, 7) is 4.06. The minimum atomic E-state index is 0.397. The molecule has 1 aromatic heterocycles. The molecular formula is C11H19N3OS. The van der Waals surface area contributed by atoms with Crippen LogP contribution in [-0.2, 0) is 4.74 Å². The molecule has 16 heavy (non-hydrogen) atoms. The molecule has 1 N–H and O–H groups in total. The first kappa shape index (κ1) is 12.0. The minimum Gasteiger partial charge on any atom is -0.378 e. The van der Waals surface area contributed by atoms with E-state index in [0.29, 0.717) is 12.1 Å². The summed E-state index contributed by atoms with van der Waals surface area (Å²) in [6.07, 6.45) is 7.03. The standard InChI is InChI=1S/C11H19N3OS/c1-2-12-10(11-8-13-14-16-11)6-5-9-4-3-7-15-9/h8-10,12H,2-7H2,1H3. The lowest BCUT2D eigenvalue weighted by atomic mass is 10.1. The highest BCUT2D eigenvalue weighted by Crippen LogP contribution is 2.25. The van der Waals surface area contributed by atoms with Crippen molar-refractivity contribution in [1.29, 1.82) is 0 Å². The van der Waals surface area contributed by atoms with Crippen molar-refractivity contribution in [2.75, 3.05) is 13.2 Å². The molecule has 0 saturated carbocycles. The Morgan fingerprint density at radius 1 is 1.69 bits per heavy atom. The fourth-order valence-corrected chi connectivity index (χ4v) is 2.76. The third kappa shape index (κ3) is 3.23. The highest BCUT2D eigenvalue weighted by Gasteiger charge is 2.19. The lowest BCUT2D eigenvalue weighted by molar-refractivity contribution is 0.0997. The SMILES string of the molecule is CCNC(CCC1CCCO1)c1cnns1. The molecule has 0 bridgehead atoms. The highest BCUT2D eigenvalue weighted by molar-refractivity contribution is 7.05. The topological polar surface area (TPSA) is 47.0 Å². The molecule has 1 aliphatic heterocycles. The van der Waals surface area contributed by atoms with E-state index in [-0.39, 0.29) is 0 Å². The molecule has 1 aliphatic rings. The van der Waals surface area contributed by atoms with Crippen LogP contribution in [0.5, 0.6) is 0 Å². The Labute approximate surface area is 101 Å². The van der Waals surface area contributed by atoms with Crippen molar-refractivity contribution in [3.05, 3.63) is 11.1 Å². The quantitative estimate of drug-likeness (QED) is 0.829. The van der Waals surface area contributed by atoms with Crippen LogP contribution in [0.3, 0.4) is 0 Å². The fraction of sp³-hybridized carbons (Fsp3) is 0.818. The van der Waals surface area contributed by atoms with Gasteiger partial charge in [0.15, 0.2) is 0 Å². The maximum Gasteiger partial charge on any atom is 0.0669 e. The monoisotopic (exact) mass is 241 g/mol. The summed E-state index contributed by atoms with van der Waals surface area (Å²) in [5.74, 6) is 0. The minimum absolute atomic E-state index is 0.397. The normalized spacial score (nSPS) is 22.4. The van der Waals surface area contributed by atoms with E-state index < -0.39 is 0 Å². The van der Waals surface area contributed by atoms with Gasteiger partial charge in [-0.15, -0.1) is 5.10 Å². The number of rotatable bonds is 6. The number of nitrogens with one attached hydrogen (secondary N) is 1. The van der Waals surface area contributed by atoms with Gasteiger partial charge < -0.3 is 10.1 Å². The molecule has 2 unspecified atom stereocenters. The van der Waals surface area contributed by atoms with Crippen molar-refractivity contribution >= 4 is 11.5 Å². The molecule has 1 fully saturated rings. The average molecular weight is 241 g/mol. The summed E-state index contributed by atoms with van der Waals surface area (Å²) in [5, 5.41) is 7.39. The molecule has 4 nitrogen and oxygen atoms in total. The van der Waals surface area contributed by atoms with Gasteiger partial charge in [0.05, 0.1) is 17.2 Å². The zero-order chi connectivity index (χ0) is 11.2. The van der Waals surface area contributed by atoms with E-state index in [1.807, 2.05) is 6.20 Å². The molecule has 5 heteroatoms. The highest BCUT2D eigenvalue weighted by atomic mass is 32.1. The molecule has 0 aliphatic carbocycles. The molecular weight excluding hydrogens is 222 g/mol. The lowest BCUT2D eigenvalue weighted by Crippen LogP contribution is -2.21. The van der Waals surface area contributed by atoms with Crippen LogP contribution < -0.4 is 5.32 Å². The molecule has 1 aromatic rings. The molecule has 90 valence electrons. The number of aromatic nitrogens is 2. The first-order valence-electron chi connectivity index (χ1n) is 6.02. The first-order valence-corrected chi connectivity index (χ1v) is 6.79. The van der Waals surface area contributed by atoms with E-state index >= 15 is 0 Å². The summed E-state index contributed by atoms with van der Waals surface area (Å²) in [6, 6.07) is 0.397. The van der Waals surface area contributed by atoms with Gasteiger partial charge in [0.25, 0.3) is 0 Å². The molecule has 2 heterocycles. The Hall–Kier alpha value is -0.520. The fourth-order valence-electron chi connectivity index (χ4n) is 2.14. The lowest BCUT2D eigenvalue weighted by Gasteiger charge is -2.17. The predicted molar refractivity (Wildman–Crippen MR) is 64.5 cm³/mol. The van der Waals surface area contributed by atoms with Crippen LogP contribution in [0.15, 0.2) is 6.20 Å². The molecule has 0 radical (unpaired) electrons. The van der Waals surface area contributed by atoms with E-state index in [4.69, 9.17) is 4.74 Å². The zero-order valence-corrected chi connectivity index (χ0v) is 10.5. The summed E-state index contributed by atoms with van der Waals surface area (Å²) in [7, 11) is 0. The van der Waals surface area contributed by atoms with Gasteiger partial charge in [0, 0.05) is 12.6 Å². The Morgan fingerprint density at radius 2 is 2.62 bits per heavy atom. The Balaban J connectivity index is 1.82. The van der Waals surface area contributed by atoms with Crippen molar-refractivity contribution in [2.24, 2.45) is 0 Å². The second-order valence-electron chi connectivity index (χ2n) is 4.14. The van der Waals surface area contributed by atoms with Gasteiger partial charge in [-0.3, -0.25) is 0 Å². The maximum atomic E-state index is 5.64. The van der Waals surface area contributed by atoms with Crippen molar-refractivity contribution in [3.8, 4) is 0 Å². The Morgan fingerprint density at radius 3 is 3.25 bits per heavy atom. The number of nitrogens with zero attached hydrogens (tertiary/aromatic N) is 2. The van der Waals surface area contributed by atoms with Crippen molar-refractivity contribution in [1.82, 2.24) is 14.9 Å². The van der Waals surface area contributed by atoms with E-state index in [2.05, 4.69) is 21.8 Å². The Kier molecular flexibility index (Phi) is 4.69. The van der Waals surface area contributed by atoms with E-state index in [9.17, 15) is 0 Å². The third-order valence-electron chi connectivity index (χ3n) is 2.97. The van der Waals surface area contributed by atoms with Gasteiger partial charge in [0.2, 0.25) is 0 Å². The molecule has 1 saturated heterocycles. The van der Waals surface area contributed by atoms with Crippen LogP contribution in [0.2, 0.25) is 0 Å². The molecule has 2 atom stereocenters. The van der Waals surface area contributed by atoms with Gasteiger partial charge in [-0.2, -0.15) is 0 Å². The van der Waals surface area contributed by atoms with E-state index in [1.165, 1.54) is 29.3 Å². The average Bonchev–Trinajstić information content (AvgIpc) is 2.96. The molecule has 2 rings (SSSR count). The van der Waals surface area contributed by atoms with Crippen LogP contribution in [0.4, 0.5) is 0 Å². The van der Waals surface area contributed by atoms with Crippen LogP contribution >= 0.6 is 11.5 Å².